The van der Waals surface area contributed by atoms with E-state index in [2.05, 4.69) is 27.6 Å². The second-order valence-electron chi connectivity index (χ2n) is 4.08. The maximum atomic E-state index is 9.40. The molecule has 4 heteroatoms. The fraction of sp³-hybridized carbons (Fsp3) is 0.214. The summed E-state index contributed by atoms with van der Waals surface area (Å²) in [5, 5.41) is 9.40. The minimum Gasteiger partial charge on any atom is -0.439 e. The van der Waals surface area contributed by atoms with Gasteiger partial charge < -0.3 is 9.84 Å². The van der Waals surface area contributed by atoms with Gasteiger partial charge in [-0.1, -0.05) is 6.07 Å². The van der Waals surface area contributed by atoms with Gasteiger partial charge in [0.25, 0.3) is 0 Å². The van der Waals surface area contributed by atoms with E-state index < -0.39 is 0 Å². The average molecular weight is 355 g/mol. The number of halogens is 1. The Morgan fingerprint density at radius 2 is 2.06 bits per heavy atom. The highest BCUT2D eigenvalue weighted by Gasteiger charge is 2.10. The number of rotatable bonds is 3. The van der Waals surface area contributed by atoms with E-state index in [1.165, 1.54) is 0 Å². The highest BCUT2D eigenvalue weighted by atomic mass is 127. The van der Waals surface area contributed by atoms with Gasteiger partial charge in [-0.25, -0.2) is 4.98 Å². The van der Waals surface area contributed by atoms with Crippen LogP contribution >= 0.6 is 22.6 Å². The smallest absolute Gasteiger partial charge is 0.225 e. The van der Waals surface area contributed by atoms with E-state index in [1.54, 1.807) is 0 Å². The third-order valence-electron chi connectivity index (χ3n) is 2.61. The van der Waals surface area contributed by atoms with E-state index >= 15 is 0 Å². The van der Waals surface area contributed by atoms with Gasteiger partial charge in [0.05, 0.1) is 6.61 Å². The molecule has 1 heterocycles. The van der Waals surface area contributed by atoms with Crippen LogP contribution in [0.25, 0.3) is 0 Å². The Hall–Kier alpha value is -1.14. The first-order valence-electron chi connectivity index (χ1n) is 5.61. The molecule has 0 aliphatic heterocycles. The van der Waals surface area contributed by atoms with E-state index in [-0.39, 0.29) is 6.61 Å². The summed E-state index contributed by atoms with van der Waals surface area (Å²) in [7, 11) is 0. The van der Waals surface area contributed by atoms with Crippen molar-refractivity contribution in [3.63, 3.8) is 0 Å². The predicted octanol–water partition coefficient (Wildman–Crippen LogP) is 3.59. The fourth-order valence-electron chi connectivity index (χ4n) is 1.75. The number of hydrogen-bond donors (Lipinski definition) is 1. The number of hydrogen-bond acceptors (Lipinski definition) is 3. The Morgan fingerprint density at radius 1 is 1.28 bits per heavy atom. The zero-order chi connectivity index (χ0) is 13.1. The molecule has 1 aromatic heterocycles. The molecular weight excluding hydrogens is 341 g/mol. The van der Waals surface area contributed by atoms with Gasteiger partial charge in [-0.05, 0) is 66.3 Å². The van der Waals surface area contributed by atoms with Gasteiger partial charge >= 0.3 is 0 Å². The summed E-state index contributed by atoms with van der Waals surface area (Å²) in [6, 6.07) is 9.67. The molecule has 2 rings (SSSR count). The fourth-order valence-corrected chi connectivity index (χ4v) is 2.26. The number of benzene rings is 1. The van der Waals surface area contributed by atoms with Gasteiger partial charge in [-0.15, -0.1) is 0 Å². The quantitative estimate of drug-likeness (QED) is 0.856. The number of ether oxygens (including phenoxy) is 1. The van der Waals surface area contributed by atoms with Crippen molar-refractivity contribution in [1.82, 2.24) is 4.98 Å². The Bertz CT molecular complexity index is 570. The van der Waals surface area contributed by atoms with Gasteiger partial charge in [0.1, 0.15) is 5.75 Å². The second-order valence-corrected chi connectivity index (χ2v) is 5.33. The van der Waals surface area contributed by atoms with Crippen LogP contribution in [0.1, 0.15) is 16.8 Å². The third-order valence-corrected chi connectivity index (χ3v) is 3.28. The Morgan fingerprint density at radius 3 is 2.72 bits per heavy atom. The Balaban J connectivity index is 2.39. The lowest BCUT2D eigenvalue weighted by molar-refractivity contribution is 0.274. The van der Waals surface area contributed by atoms with E-state index in [4.69, 9.17) is 4.74 Å². The first-order chi connectivity index (χ1) is 8.60. The molecule has 1 N–H and O–H groups in total. The lowest BCUT2D eigenvalue weighted by Crippen LogP contribution is -1.99. The molecule has 0 atom stereocenters. The van der Waals surface area contributed by atoms with Crippen LogP contribution in [0.5, 0.6) is 11.6 Å². The molecule has 0 aliphatic rings. The van der Waals surface area contributed by atoms with Gasteiger partial charge in [0.2, 0.25) is 5.88 Å². The maximum absolute atomic E-state index is 9.40. The van der Waals surface area contributed by atoms with Crippen molar-refractivity contribution in [2.24, 2.45) is 0 Å². The number of aliphatic hydroxyl groups excluding tert-OH is 1. The summed E-state index contributed by atoms with van der Waals surface area (Å²) in [6.45, 7) is 3.79. The van der Waals surface area contributed by atoms with Crippen LogP contribution in [0.4, 0.5) is 0 Å². The summed E-state index contributed by atoms with van der Waals surface area (Å²) in [5.41, 5.74) is 2.61. The standard InChI is InChI=1S/C14H14INO2/c1-9-6-10(2)16-14(13(9)8-17)18-12-5-3-4-11(15)7-12/h3-7,17H,8H2,1-2H3. The number of aryl methyl sites for hydroxylation is 2. The Labute approximate surface area is 120 Å². The number of pyridine rings is 1. The minimum atomic E-state index is -0.0711. The Kier molecular flexibility index (Phi) is 4.19. The molecule has 0 saturated heterocycles. The topological polar surface area (TPSA) is 42.4 Å². The van der Waals surface area contributed by atoms with Crippen molar-refractivity contribution in [3.05, 3.63) is 50.7 Å². The zero-order valence-electron chi connectivity index (χ0n) is 10.3. The van der Waals surface area contributed by atoms with E-state index in [0.29, 0.717) is 5.88 Å². The molecule has 94 valence electrons. The molecule has 18 heavy (non-hydrogen) atoms. The molecule has 0 radical (unpaired) electrons. The van der Waals surface area contributed by atoms with Crippen molar-refractivity contribution in [2.45, 2.75) is 20.5 Å². The van der Waals surface area contributed by atoms with Crippen LogP contribution in [-0.4, -0.2) is 10.1 Å². The molecular formula is C14H14INO2. The molecule has 1 aromatic carbocycles. The minimum absolute atomic E-state index is 0.0711. The number of aliphatic hydroxyl groups is 1. The first-order valence-corrected chi connectivity index (χ1v) is 6.69. The van der Waals surface area contributed by atoms with E-state index in [9.17, 15) is 5.11 Å². The summed E-state index contributed by atoms with van der Waals surface area (Å²) in [4.78, 5) is 4.35. The molecule has 0 saturated carbocycles. The molecule has 0 fully saturated rings. The predicted molar refractivity (Wildman–Crippen MR) is 78.9 cm³/mol. The molecule has 0 aliphatic carbocycles. The maximum Gasteiger partial charge on any atom is 0.225 e. The molecule has 0 unspecified atom stereocenters. The molecule has 0 spiro atoms. The van der Waals surface area contributed by atoms with Gasteiger partial charge in [0, 0.05) is 14.8 Å². The third kappa shape index (κ3) is 3.00. The lowest BCUT2D eigenvalue weighted by Gasteiger charge is -2.12. The van der Waals surface area contributed by atoms with Crippen LogP contribution in [-0.2, 0) is 6.61 Å². The van der Waals surface area contributed by atoms with Crippen LogP contribution in [0.2, 0.25) is 0 Å². The highest BCUT2D eigenvalue weighted by molar-refractivity contribution is 14.1. The largest absolute Gasteiger partial charge is 0.439 e. The van der Waals surface area contributed by atoms with Crippen molar-refractivity contribution >= 4 is 22.6 Å². The molecule has 0 amide bonds. The van der Waals surface area contributed by atoms with Crippen molar-refractivity contribution in [3.8, 4) is 11.6 Å². The molecule has 3 nitrogen and oxygen atoms in total. The number of aromatic nitrogens is 1. The number of nitrogens with zero attached hydrogens (tertiary/aromatic N) is 1. The van der Waals surface area contributed by atoms with E-state index in [0.717, 1.165) is 26.1 Å². The highest BCUT2D eigenvalue weighted by Crippen LogP contribution is 2.27. The van der Waals surface area contributed by atoms with Crippen LogP contribution in [0, 0.1) is 17.4 Å². The summed E-state index contributed by atoms with van der Waals surface area (Å²) in [6.07, 6.45) is 0. The van der Waals surface area contributed by atoms with Crippen LogP contribution < -0.4 is 4.74 Å². The summed E-state index contributed by atoms with van der Waals surface area (Å²) in [5.74, 6) is 1.21. The first kappa shape index (κ1) is 13.3. The van der Waals surface area contributed by atoms with Gasteiger partial charge in [0.15, 0.2) is 0 Å². The SMILES string of the molecule is Cc1cc(C)c(CO)c(Oc2cccc(I)c2)n1. The average Bonchev–Trinajstić information content (AvgIpc) is 2.28. The van der Waals surface area contributed by atoms with Crippen LogP contribution in [0.3, 0.4) is 0 Å². The summed E-state index contributed by atoms with van der Waals surface area (Å²) >= 11 is 2.23. The second kappa shape index (κ2) is 5.67. The van der Waals surface area contributed by atoms with Gasteiger partial charge in [-0.3, -0.25) is 0 Å². The normalized spacial score (nSPS) is 10.4. The van der Waals surface area contributed by atoms with E-state index in [1.807, 2.05) is 44.2 Å². The van der Waals surface area contributed by atoms with Crippen molar-refractivity contribution in [1.29, 1.82) is 0 Å². The summed E-state index contributed by atoms with van der Waals surface area (Å²) < 4.78 is 6.86. The van der Waals surface area contributed by atoms with Crippen LogP contribution in [0.15, 0.2) is 30.3 Å². The zero-order valence-corrected chi connectivity index (χ0v) is 12.4. The molecule has 0 bridgehead atoms. The molecule has 2 aromatic rings. The lowest BCUT2D eigenvalue weighted by atomic mass is 10.1. The monoisotopic (exact) mass is 355 g/mol. The van der Waals surface area contributed by atoms with Crippen molar-refractivity contribution < 1.29 is 9.84 Å². The van der Waals surface area contributed by atoms with Gasteiger partial charge in [-0.2, -0.15) is 0 Å². The van der Waals surface area contributed by atoms with Crippen molar-refractivity contribution in [2.75, 3.05) is 0 Å².